The number of hydrogen-bond donors (Lipinski definition) is 1. The van der Waals surface area contributed by atoms with E-state index in [1.165, 1.54) is 16.7 Å². The summed E-state index contributed by atoms with van der Waals surface area (Å²) in [5.41, 5.74) is 0.316. The highest BCUT2D eigenvalue weighted by Crippen LogP contribution is 2.16. The van der Waals surface area contributed by atoms with Crippen LogP contribution in [-0.2, 0) is 23.6 Å². The summed E-state index contributed by atoms with van der Waals surface area (Å²) in [5, 5.41) is 0.494. The van der Waals surface area contributed by atoms with Gasteiger partial charge in [-0.05, 0) is 43.3 Å². The minimum Gasteiger partial charge on any atom is -0.494 e. The van der Waals surface area contributed by atoms with E-state index in [0.29, 0.717) is 29.1 Å². The molecule has 0 unspecified atom stereocenters. The number of hydrogen-bond acceptors (Lipinski definition) is 5. The van der Waals surface area contributed by atoms with Crippen molar-refractivity contribution in [3.63, 3.8) is 0 Å². The molecule has 0 aliphatic carbocycles. The number of rotatable bonds is 6. The number of nitrogens with zero attached hydrogens (tertiary/aromatic N) is 2. The zero-order chi connectivity index (χ0) is 18.7. The Morgan fingerprint density at radius 1 is 1.12 bits per heavy atom. The van der Waals surface area contributed by atoms with E-state index in [2.05, 4.69) is 9.71 Å². The Balaban J connectivity index is 1.85. The van der Waals surface area contributed by atoms with Crippen LogP contribution in [0, 0.1) is 0 Å². The van der Waals surface area contributed by atoms with Crippen molar-refractivity contribution in [1.82, 2.24) is 14.3 Å². The summed E-state index contributed by atoms with van der Waals surface area (Å²) < 4.78 is 34.1. The first-order valence-electron chi connectivity index (χ1n) is 8.09. The first kappa shape index (κ1) is 18.1. The third-order valence-electron chi connectivity index (χ3n) is 3.94. The van der Waals surface area contributed by atoms with Gasteiger partial charge in [-0.25, -0.2) is 18.1 Å². The van der Waals surface area contributed by atoms with Crippen molar-refractivity contribution >= 4 is 20.9 Å². The fraction of sp³-hybridized carbons (Fsp3) is 0.222. The molecule has 0 fully saturated rings. The van der Waals surface area contributed by atoms with Gasteiger partial charge in [0, 0.05) is 7.05 Å². The summed E-state index contributed by atoms with van der Waals surface area (Å²) in [7, 11) is -2.16. The van der Waals surface area contributed by atoms with E-state index in [-0.39, 0.29) is 17.0 Å². The van der Waals surface area contributed by atoms with Crippen LogP contribution >= 0.6 is 0 Å². The third-order valence-corrected chi connectivity index (χ3v) is 5.36. The van der Waals surface area contributed by atoms with Crippen LogP contribution < -0.4 is 15.0 Å². The van der Waals surface area contributed by atoms with E-state index in [0.717, 1.165) is 0 Å². The first-order chi connectivity index (χ1) is 12.4. The van der Waals surface area contributed by atoms with E-state index in [1.54, 1.807) is 43.4 Å². The van der Waals surface area contributed by atoms with Gasteiger partial charge in [-0.15, -0.1) is 0 Å². The molecule has 3 aromatic rings. The molecule has 8 heteroatoms. The van der Waals surface area contributed by atoms with Crippen LogP contribution in [0.25, 0.3) is 10.9 Å². The average Bonchev–Trinajstić information content (AvgIpc) is 2.64. The maximum Gasteiger partial charge on any atom is 0.261 e. The van der Waals surface area contributed by atoms with Gasteiger partial charge in [-0.3, -0.25) is 9.36 Å². The minimum absolute atomic E-state index is 0.0912. The molecule has 0 amide bonds. The SMILES string of the molecule is CCOc1ccc(S(=O)(=O)NCc2nc3ccccc3c(=O)n2C)cc1. The number of nitrogens with one attached hydrogen (secondary N) is 1. The van der Waals surface area contributed by atoms with E-state index in [9.17, 15) is 13.2 Å². The van der Waals surface area contributed by atoms with Crippen LogP contribution in [0.4, 0.5) is 0 Å². The summed E-state index contributed by atoms with van der Waals surface area (Å²) in [6.07, 6.45) is 0. The van der Waals surface area contributed by atoms with E-state index in [4.69, 9.17) is 4.74 Å². The second-order valence-electron chi connectivity index (χ2n) is 5.64. The Labute approximate surface area is 151 Å². The number of ether oxygens (including phenoxy) is 1. The Bertz CT molecular complexity index is 1090. The number of fused-ring (bicyclic) bond motifs is 1. The number of aromatic nitrogens is 2. The van der Waals surface area contributed by atoms with Crippen LogP contribution in [0.15, 0.2) is 58.2 Å². The highest BCUT2D eigenvalue weighted by molar-refractivity contribution is 7.89. The Morgan fingerprint density at radius 3 is 2.50 bits per heavy atom. The molecule has 0 saturated carbocycles. The predicted octanol–water partition coefficient (Wildman–Crippen LogP) is 1.81. The fourth-order valence-corrected chi connectivity index (χ4v) is 3.53. The van der Waals surface area contributed by atoms with Crippen LogP contribution in [0.5, 0.6) is 5.75 Å². The zero-order valence-corrected chi connectivity index (χ0v) is 15.3. The Kier molecular flexibility index (Phi) is 5.06. The molecule has 0 aliphatic rings. The van der Waals surface area contributed by atoms with Gasteiger partial charge in [-0.1, -0.05) is 12.1 Å². The molecule has 0 atom stereocenters. The van der Waals surface area contributed by atoms with Gasteiger partial charge in [-0.2, -0.15) is 0 Å². The van der Waals surface area contributed by atoms with Crippen molar-refractivity contribution in [2.24, 2.45) is 7.05 Å². The number of sulfonamides is 1. The maximum atomic E-state index is 12.5. The van der Waals surface area contributed by atoms with Crippen LogP contribution in [0.1, 0.15) is 12.7 Å². The molecule has 1 N–H and O–H groups in total. The standard InChI is InChI=1S/C18H19N3O4S/c1-3-25-13-8-10-14(11-9-13)26(23,24)19-12-17-20-16-7-5-4-6-15(16)18(22)21(17)2/h4-11,19H,3,12H2,1-2H3. The van der Waals surface area contributed by atoms with Crippen LogP contribution in [-0.4, -0.2) is 24.6 Å². The van der Waals surface area contributed by atoms with Gasteiger partial charge >= 0.3 is 0 Å². The lowest BCUT2D eigenvalue weighted by atomic mass is 10.2. The summed E-state index contributed by atoms with van der Waals surface area (Å²) in [6, 6.07) is 13.1. The van der Waals surface area contributed by atoms with Gasteiger partial charge in [0.15, 0.2) is 0 Å². The molecular formula is C18H19N3O4S. The molecular weight excluding hydrogens is 354 g/mol. The van der Waals surface area contributed by atoms with Crippen molar-refractivity contribution in [3.8, 4) is 5.75 Å². The number of para-hydroxylation sites is 1. The lowest BCUT2D eigenvalue weighted by Gasteiger charge is -2.11. The van der Waals surface area contributed by atoms with E-state index in [1.807, 2.05) is 6.92 Å². The second-order valence-corrected chi connectivity index (χ2v) is 7.41. The molecule has 1 aromatic heterocycles. The third kappa shape index (κ3) is 3.61. The van der Waals surface area contributed by atoms with Crippen LogP contribution in [0.2, 0.25) is 0 Å². The monoisotopic (exact) mass is 373 g/mol. The summed E-state index contributed by atoms with van der Waals surface area (Å²) in [5.74, 6) is 0.938. The van der Waals surface area contributed by atoms with Gasteiger partial charge < -0.3 is 4.74 Å². The molecule has 26 heavy (non-hydrogen) atoms. The first-order valence-corrected chi connectivity index (χ1v) is 9.58. The zero-order valence-electron chi connectivity index (χ0n) is 14.5. The molecule has 0 saturated heterocycles. The summed E-state index contributed by atoms with van der Waals surface area (Å²) in [4.78, 5) is 16.9. The maximum absolute atomic E-state index is 12.5. The molecule has 7 nitrogen and oxygen atoms in total. The van der Waals surface area contributed by atoms with E-state index >= 15 is 0 Å². The topological polar surface area (TPSA) is 90.3 Å². The summed E-state index contributed by atoms with van der Waals surface area (Å²) in [6.45, 7) is 2.27. The van der Waals surface area contributed by atoms with E-state index < -0.39 is 10.0 Å². The second kappa shape index (κ2) is 7.27. The van der Waals surface area contributed by atoms with Gasteiger partial charge in [0.1, 0.15) is 11.6 Å². The van der Waals surface area contributed by atoms with Gasteiger partial charge in [0.2, 0.25) is 10.0 Å². The van der Waals surface area contributed by atoms with Crippen molar-refractivity contribution in [2.75, 3.05) is 6.61 Å². The predicted molar refractivity (Wildman–Crippen MR) is 98.6 cm³/mol. The lowest BCUT2D eigenvalue weighted by molar-refractivity contribution is 0.340. The molecule has 136 valence electrons. The summed E-state index contributed by atoms with van der Waals surface area (Å²) >= 11 is 0. The number of benzene rings is 2. The minimum atomic E-state index is -3.73. The lowest BCUT2D eigenvalue weighted by Crippen LogP contribution is -2.29. The fourth-order valence-electron chi connectivity index (χ4n) is 2.55. The molecule has 3 rings (SSSR count). The van der Waals surface area contributed by atoms with Crippen LogP contribution in [0.3, 0.4) is 0 Å². The molecule has 2 aromatic carbocycles. The molecule has 0 bridgehead atoms. The highest BCUT2D eigenvalue weighted by Gasteiger charge is 2.16. The normalized spacial score (nSPS) is 11.6. The van der Waals surface area contributed by atoms with Gasteiger partial charge in [0.05, 0.1) is 29.0 Å². The largest absolute Gasteiger partial charge is 0.494 e. The Morgan fingerprint density at radius 2 is 1.81 bits per heavy atom. The average molecular weight is 373 g/mol. The quantitative estimate of drug-likeness (QED) is 0.712. The van der Waals surface area contributed by atoms with Crippen molar-refractivity contribution in [3.05, 3.63) is 64.7 Å². The van der Waals surface area contributed by atoms with Crippen molar-refractivity contribution in [2.45, 2.75) is 18.4 Å². The highest BCUT2D eigenvalue weighted by atomic mass is 32.2. The van der Waals surface area contributed by atoms with Gasteiger partial charge in [0.25, 0.3) is 5.56 Å². The Hall–Kier alpha value is -2.71. The molecule has 1 heterocycles. The van der Waals surface area contributed by atoms with Crippen molar-refractivity contribution < 1.29 is 13.2 Å². The smallest absolute Gasteiger partial charge is 0.261 e. The van der Waals surface area contributed by atoms with Crippen molar-refractivity contribution in [1.29, 1.82) is 0 Å². The molecule has 0 spiro atoms. The molecule has 0 aliphatic heterocycles. The molecule has 0 radical (unpaired) electrons.